The molecule has 2 aliphatic rings. The third-order valence-corrected chi connectivity index (χ3v) is 6.29. The van der Waals surface area contributed by atoms with E-state index in [9.17, 15) is 9.50 Å². The fourth-order valence-electron chi connectivity index (χ4n) is 4.75. The van der Waals surface area contributed by atoms with Crippen molar-refractivity contribution in [2.45, 2.75) is 37.5 Å². The smallest absolute Gasteiger partial charge is 0.126 e. The normalized spacial score (nSPS) is 26.5. The molecule has 0 unspecified atom stereocenters. The minimum absolute atomic E-state index is 0.0533. The fourth-order valence-corrected chi connectivity index (χ4v) is 4.75. The molecule has 0 spiro atoms. The van der Waals surface area contributed by atoms with Crippen molar-refractivity contribution in [2.75, 3.05) is 33.3 Å². The van der Waals surface area contributed by atoms with Crippen LogP contribution < -0.4 is 4.74 Å². The van der Waals surface area contributed by atoms with Gasteiger partial charge in [-0.2, -0.15) is 0 Å². The highest BCUT2D eigenvalue weighted by Gasteiger charge is 2.46. The van der Waals surface area contributed by atoms with Crippen LogP contribution in [-0.4, -0.2) is 54.2 Å². The highest BCUT2D eigenvalue weighted by atomic mass is 19.1. The standard InChI is InChI=1S/C23H29FN2O2/c1-28-21-15-20(24)10-9-18(21)16-25-14-11-23(27,19-7-3-2-4-8-19)22(17-25)26-12-5-6-13-26/h2-4,7-10,15,22,27H,5-6,11-14,16-17H2,1H3/t22-,23+/m1/s1. The fraction of sp³-hybridized carbons (Fsp3) is 0.478. The van der Waals surface area contributed by atoms with E-state index in [1.54, 1.807) is 13.2 Å². The van der Waals surface area contributed by atoms with Crippen LogP contribution in [0.5, 0.6) is 5.75 Å². The van der Waals surface area contributed by atoms with Gasteiger partial charge in [0.1, 0.15) is 17.2 Å². The Labute approximate surface area is 166 Å². The number of methoxy groups -OCH3 is 1. The van der Waals surface area contributed by atoms with Gasteiger partial charge in [-0.1, -0.05) is 36.4 Å². The number of ether oxygens (including phenoxy) is 1. The third-order valence-electron chi connectivity index (χ3n) is 6.29. The van der Waals surface area contributed by atoms with Crippen molar-refractivity contribution in [2.24, 2.45) is 0 Å². The second-order valence-electron chi connectivity index (χ2n) is 7.99. The first-order chi connectivity index (χ1) is 13.6. The summed E-state index contributed by atoms with van der Waals surface area (Å²) >= 11 is 0. The first-order valence-electron chi connectivity index (χ1n) is 10.2. The molecule has 2 fully saturated rings. The Morgan fingerprint density at radius 1 is 1.11 bits per heavy atom. The number of hydrogen-bond acceptors (Lipinski definition) is 4. The molecule has 5 heteroatoms. The molecule has 0 bridgehead atoms. The van der Waals surface area contributed by atoms with Crippen molar-refractivity contribution in [3.8, 4) is 5.75 Å². The molecule has 2 aliphatic heterocycles. The van der Waals surface area contributed by atoms with Crippen molar-refractivity contribution in [3.63, 3.8) is 0 Å². The van der Waals surface area contributed by atoms with Crippen LogP contribution in [0.2, 0.25) is 0 Å². The maximum absolute atomic E-state index is 13.5. The van der Waals surface area contributed by atoms with E-state index in [1.807, 2.05) is 30.3 Å². The van der Waals surface area contributed by atoms with Gasteiger partial charge < -0.3 is 9.84 Å². The number of hydrogen-bond donors (Lipinski definition) is 1. The van der Waals surface area contributed by atoms with Crippen molar-refractivity contribution >= 4 is 0 Å². The number of rotatable bonds is 5. The predicted molar refractivity (Wildman–Crippen MR) is 108 cm³/mol. The zero-order valence-electron chi connectivity index (χ0n) is 16.5. The van der Waals surface area contributed by atoms with Crippen molar-refractivity contribution in [3.05, 3.63) is 65.5 Å². The van der Waals surface area contributed by atoms with E-state index < -0.39 is 5.60 Å². The lowest BCUT2D eigenvalue weighted by Crippen LogP contribution is -2.60. The molecule has 2 aromatic rings. The maximum Gasteiger partial charge on any atom is 0.126 e. The SMILES string of the molecule is COc1cc(F)ccc1CN1CC[C@](O)(c2ccccc2)[C@H](N2CCCC2)C1. The summed E-state index contributed by atoms with van der Waals surface area (Å²) in [4.78, 5) is 4.80. The molecule has 2 heterocycles. The van der Waals surface area contributed by atoms with Gasteiger partial charge in [-0.3, -0.25) is 9.80 Å². The summed E-state index contributed by atoms with van der Waals surface area (Å²) < 4.78 is 18.9. The third kappa shape index (κ3) is 3.79. The van der Waals surface area contributed by atoms with Crippen LogP contribution in [0, 0.1) is 5.82 Å². The molecule has 0 aliphatic carbocycles. The zero-order chi connectivity index (χ0) is 19.6. The van der Waals surface area contributed by atoms with Gasteiger partial charge >= 0.3 is 0 Å². The number of likely N-dealkylation sites (tertiary alicyclic amines) is 2. The van der Waals surface area contributed by atoms with E-state index in [0.29, 0.717) is 18.7 Å². The van der Waals surface area contributed by atoms with E-state index in [-0.39, 0.29) is 11.9 Å². The molecule has 150 valence electrons. The number of aliphatic hydroxyl groups is 1. The number of benzene rings is 2. The summed E-state index contributed by atoms with van der Waals surface area (Å²) in [5, 5.41) is 11.7. The van der Waals surface area contributed by atoms with E-state index in [0.717, 1.165) is 37.3 Å². The average molecular weight is 384 g/mol. The van der Waals surface area contributed by atoms with Crippen LogP contribution in [-0.2, 0) is 12.1 Å². The van der Waals surface area contributed by atoms with Crippen LogP contribution in [0.25, 0.3) is 0 Å². The molecule has 0 radical (unpaired) electrons. The predicted octanol–water partition coefficient (Wildman–Crippen LogP) is 3.39. The number of halogens is 1. The minimum Gasteiger partial charge on any atom is -0.496 e. The highest BCUT2D eigenvalue weighted by Crippen LogP contribution is 2.38. The Bertz CT molecular complexity index is 794. The molecule has 2 saturated heterocycles. The number of piperidine rings is 1. The molecule has 0 amide bonds. The molecule has 1 N–H and O–H groups in total. The number of nitrogens with zero attached hydrogens (tertiary/aromatic N) is 2. The Morgan fingerprint density at radius 3 is 2.57 bits per heavy atom. The topological polar surface area (TPSA) is 35.9 Å². The van der Waals surface area contributed by atoms with Crippen LogP contribution in [0.1, 0.15) is 30.4 Å². The Morgan fingerprint density at radius 2 is 1.86 bits per heavy atom. The Kier molecular flexibility index (Phi) is 5.67. The van der Waals surface area contributed by atoms with Gasteiger partial charge in [-0.25, -0.2) is 4.39 Å². The first kappa shape index (κ1) is 19.4. The van der Waals surface area contributed by atoms with Crippen LogP contribution in [0.3, 0.4) is 0 Å². The molecule has 2 aromatic carbocycles. The van der Waals surface area contributed by atoms with Gasteiger partial charge in [0.2, 0.25) is 0 Å². The van der Waals surface area contributed by atoms with Crippen LogP contribution in [0.4, 0.5) is 4.39 Å². The Balaban J connectivity index is 1.57. The van der Waals surface area contributed by atoms with E-state index in [1.165, 1.54) is 25.0 Å². The lowest BCUT2D eigenvalue weighted by molar-refractivity contribution is -0.0959. The monoisotopic (exact) mass is 384 g/mol. The lowest BCUT2D eigenvalue weighted by atomic mass is 9.79. The molecule has 4 rings (SSSR count). The summed E-state index contributed by atoms with van der Waals surface area (Å²) in [6.07, 6.45) is 3.06. The molecule has 2 atom stereocenters. The zero-order valence-corrected chi connectivity index (χ0v) is 16.5. The van der Waals surface area contributed by atoms with E-state index >= 15 is 0 Å². The first-order valence-corrected chi connectivity index (χ1v) is 10.2. The molecule has 4 nitrogen and oxygen atoms in total. The van der Waals surface area contributed by atoms with Crippen molar-refractivity contribution in [1.29, 1.82) is 0 Å². The maximum atomic E-state index is 13.5. The average Bonchev–Trinajstić information content (AvgIpc) is 3.26. The lowest BCUT2D eigenvalue weighted by Gasteiger charge is -2.48. The highest BCUT2D eigenvalue weighted by molar-refractivity contribution is 5.34. The molecule has 0 aromatic heterocycles. The summed E-state index contributed by atoms with van der Waals surface area (Å²) in [5.41, 5.74) is 1.15. The van der Waals surface area contributed by atoms with Gasteiger partial charge in [0, 0.05) is 31.3 Å². The van der Waals surface area contributed by atoms with E-state index in [4.69, 9.17) is 4.74 Å². The van der Waals surface area contributed by atoms with Gasteiger partial charge in [-0.15, -0.1) is 0 Å². The van der Waals surface area contributed by atoms with Crippen LogP contribution in [0.15, 0.2) is 48.5 Å². The second-order valence-corrected chi connectivity index (χ2v) is 7.99. The summed E-state index contributed by atoms with van der Waals surface area (Å²) in [6.45, 7) is 4.34. The van der Waals surface area contributed by atoms with Gasteiger partial charge in [0.25, 0.3) is 0 Å². The Hall–Kier alpha value is -1.95. The van der Waals surface area contributed by atoms with Crippen molar-refractivity contribution < 1.29 is 14.2 Å². The van der Waals surface area contributed by atoms with Crippen LogP contribution >= 0.6 is 0 Å². The van der Waals surface area contributed by atoms with Crippen molar-refractivity contribution in [1.82, 2.24) is 9.80 Å². The summed E-state index contributed by atoms with van der Waals surface area (Å²) in [7, 11) is 1.58. The molecule has 0 saturated carbocycles. The van der Waals surface area contributed by atoms with Gasteiger partial charge in [0.05, 0.1) is 13.2 Å². The van der Waals surface area contributed by atoms with Gasteiger partial charge in [-0.05, 0) is 44.0 Å². The van der Waals surface area contributed by atoms with E-state index in [2.05, 4.69) is 9.80 Å². The molecular formula is C23H29FN2O2. The largest absolute Gasteiger partial charge is 0.496 e. The second kappa shape index (κ2) is 8.19. The molecule has 28 heavy (non-hydrogen) atoms. The summed E-state index contributed by atoms with van der Waals surface area (Å²) in [5.74, 6) is 0.300. The minimum atomic E-state index is -0.838. The molecular weight excluding hydrogens is 355 g/mol. The van der Waals surface area contributed by atoms with Gasteiger partial charge in [0.15, 0.2) is 0 Å². The quantitative estimate of drug-likeness (QED) is 0.857. The summed E-state index contributed by atoms with van der Waals surface area (Å²) in [6, 6.07) is 14.9.